The van der Waals surface area contributed by atoms with Crippen molar-refractivity contribution >= 4 is 11.6 Å². The quantitative estimate of drug-likeness (QED) is 0.834. The number of nitrogens with one attached hydrogen (secondary N) is 2. The van der Waals surface area contributed by atoms with Crippen molar-refractivity contribution in [2.45, 2.75) is 25.6 Å². The van der Waals surface area contributed by atoms with Crippen molar-refractivity contribution in [2.75, 3.05) is 11.9 Å². The van der Waals surface area contributed by atoms with Crippen LogP contribution in [-0.4, -0.2) is 18.6 Å². The first-order valence-electron chi connectivity index (χ1n) is 7.64. The van der Waals surface area contributed by atoms with Gasteiger partial charge in [-0.3, -0.25) is 10.1 Å². The van der Waals surface area contributed by atoms with Crippen LogP contribution in [0.2, 0.25) is 0 Å². The molecular formula is C18H19F3N2O. The van der Waals surface area contributed by atoms with Gasteiger partial charge in [-0.05, 0) is 29.7 Å². The van der Waals surface area contributed by atoms with Crippen LogP contribution in [0.1, 0.15) is 24.1 Å². The number of anilines is 1. The van der Waals surface area contributed by atoms with E-state index in [1.165, 1.54) is 24.3 Å². The lowest BCUT2D eigenvalue weighted by Crippen LogP contribution is -2.38. The summed E-state index contributed by atoms with van der Waals surface area (Å²) in [6.07, 6.45) is -3.61. The number of carbonyl (C=O) groups excluding carboxylic acids is 1. The van der Waals surface area contributed by atoms with Crippen LogP contribution in [-0.2, 0) is 11.2 Å². The summed E-state index contributed by atoms with van der Waals surface area (Å²) < 4.78 is 39.5. The number of rotatable bonds is 6. The maximum Gasteiger partial charge on any atom is 0.407 e. The highest BCUT2D eigenvalue weighted by Crippen LogP contribution is 2.32. The van der Waals surface area contributed by atoms with Gasteiger partial charge in [0.1, 0.15) is 6.04 Å². The molecule has 0 aliphatic heterocycles. The molecule has 0 aliphatic carbocycles. The molecule has 2 aromatic rings. The first-order chi connectivity index (χ1) is 11.4. The van der Waals surface area contributed by atoms with Crippen LogP contribution in [0, 0.1) is 0 Å². The monoisotopic (exact) mass is 336 g/mol. The maximum atomic E-state index is 13.2. The number of carbonyl (C=O) groups is 1. The fraction of sp³-hybridized carbons (Fsp3) is 0.278. The van der Waals surface area contributed by atoms with Crippen molar-refractivity contribution < 1.29 is 18.0 Å². The Morgan fingerprint density at radius 2 is 1.67 bits per heavy atom. The molecule has 6 heteroatoms. The molecule has 0 aromatic heterocycles. The molecule has 0 saturated heterocycles. The molecule has 0 fully saturated rings. The molecule has 0 heterocycles. The SMILES string of the molecule is CCc1ccc(NC(=O)CN[C@@H](c2ccccc2)C(F)(F)F)cc1. The molecule has 24 heavy (non-hydrogen) atoms. The van der Waals surface area contributed by atoms with Gasteiger partial charge in [-0.25, -0.2) is 0 Å². The lowest BCUT2D eigenvalue weighted by atomic mass is 10.1. The van der Waals surface area contributed by atoms with Gasteiger partial charge in [0.25, 0.3) is 0 Å². The predicted octanol–water partition coefficient (Wildman–Crippen LogP) is 4.08. The van der Waals surface area contributed by atoms with Crippen LogP contribution in [0.5, 0.6) is 0 Å². The van der Waals surface area contributed by atoms with Crippen LogP contribution >= 0.6 is 0 Å². The molecule has 0 aliphatic rings. The van der Waals surface area contributed by atoms with E-state index in [1.807, 2.05) is 19.1 Å². The van der Waals surface area contributed by atoms with Gasteiger partial charge in [0.15, 0.2) is 0 Å². The number of halogens is 3. The summed E-state index contributed by atoms with van der Waals surface area (Å²) in [5.41, 5.74) is 1.75. The molecule has 2 aromatic carbocycles. The highest BCUT2D eigenvalue weighted by atomic mass is 19.4. The summed E-state index contributed by atoms with van der Waals surface area (Å²) in [6.45, 7) is 1.58. The van der Waals surface area contributed by atoms with Crippen molar-refractivity contribution in [3.05, 3.63) is 65.7 Å². The Bertz CT molecular complexity index is 654. The van der Waals surface area contributed by atoms with Gasteiger partial charge >= 0.3 is 6.18 Å². The Morgan fingerprint density at radius 3 is 2.21 bits per heavy atom. The summed E-state index contributed by atoms with van der Waals surface area (Å²) in [7, 11) is 0. The number of hydrogen-bond donors (Lipinski definition) is 2. The summed E-state index contributed by atoms with van der Waals surface area (Å²) in [5, 5.41) is 4.86. The highest BCUT2D eigenvalue weighted by Gasteiger charge is 2.40. The molecule has 128 valence electrons. The zero-order chi connectivity index (χ0) is 17.6. The van der Waals surface area contributed by atoms with E-state index in [0.29, 0.717) is 5.69 Å². The Kier molecular flexibility index (Phi) is 5.98. The van der Waals surface area contributed by atoms with E-state index >= 15 is 0 Å². The molecule has 3 nitrogen and oxygen atoms in total. The summed E-state index contributed by atoms with van der Waals surface area (Å²) in [5.74, 6) is -0.524. The van der Waals surface area contributed by atoms with Crippen LogP contribution in [0.15, 0.2) is 54.6 Å². The second-order valence-corrected chi connectivity index (χ2v) is 5.36. The zero-order valence-corrected chi connectivity index (χ0v) is 13.2. The third kappa shape index (κ3) is 5.09. The van der Waals surface area contributed by atoms with Crippen molar-refractivity contribution in [1.82, 2.24) is 5.32 Å². The average molecular weight is 336 g/mol. The number of hydrogen-bond acceptors (Lipinski definition) is 2. The van der Waals surface area contributed by atoms with Crippen molar-refractivity contribution in [3.63, 3.8) is 0 Å². The molecular weight excluding hydrogens is 317 g/mol. The minimum atomic E-state index is -4.48. The van der Waals surface area contributed by atoms with Crippen LogP contribution in [0.3, 0.4) is 0 Å². The van der Waals surface area contributed by atoms with Crippen molar-refractivity contribution in [2.24, 2.45) is 0 Å². The Labute approximate surface area is 138 Å². The average Bonchev–Trinajstić information content (AvgIpc) is 2.55. The summed E-state index contributed by atoms with van der Waals surface area (Å²) >= 11 is 0. The predicted molar refractivity (Wildman–Crippen MR) is 87.7 cm³/mol. The van der Waals surface area contributed by atoms with E-state index in [4.69, 9.17) is 0 Å². The third-order valence-corrected chi connectivity index (χ3v) is 3.57. The molecule has 1 amide bonds. The van der Waals surface area contributed by atoms with E-state index in [2.05, 4.69) is 10.6 Å². The highest BCUT2D eigenvalue weighted by molar-refractivity contribution is 5.92. The Morgan fingerprint density at radius 1 is 1.04 bits per heavy atom. The van der Waals surface area contributed by atoms with Gasteiger partial charge in [0, 0.05) is 5.69 Å². The number of alkyl halides is 3. The fourth-order valence-corrected chi connectivity index (χ4v) is 2.29. The molecule has 0 bridgehead atoms. The lowest BCUT2D eigenvalue weighted by molar-refractivity contribution is -0.158. The molecule has 1 atom stereocenters. The van der Waals surface area contributed by atoms with E-state index in [0.717, 1.165) is 12.0 Å². The first kappa shape index (κ1) is 18.0. The van der Waals surface area contributed by atoms with Crippen LogP contribution in [0.4, 0.5) is 18.9 Å². The molecule has 0 saturated carbocycles. The normalized spacial score (nSPS) is 12.7. The van der Waals surface area contributed by atoms with Gasteiger partial charge in [0.2, 0.25) is 5.91 Å². The Hall–Kier alpha value is -2.34. The minimum absolute atomic E-state index is 0.0742. The topological polar surface area (TPSA) is 41.1 Å². The number of benzene rings is 2. The first-order valence-corrected chi connectivity index (χ1v) is 7.64. The largest absolute Gasteiger partial charge is 0.407 e. The number of aryl methyl sites for hydroxylation is 1. The van der Waals surface area contributed by atoms with Gasteiger partial charge in [-0.1, -0.05) is 49.4 Å². The van der Waals surface area contributed by atoms with E-state index in [1.54, 1.807) is 18.2 Å². The van der Waals surface area contributed by atoms with E-state index in [9.17, 15) is 18.0 Å². The maximum absolute atomic E-state index is 13.2. The zero-order valence-electron chi connectivity index (χ0n) is 13.2. The molecule has 0 unspecified atom stereocenters. The molecule has 0 spiro atoms. The summed E-state index contributed by atoms with van der Waals surface area (Å²) in [4.78, 5) is 11.9. The van der Waals surface area contributed by atoms with Gasteiger partial charge < -0.3 is 5.32 Å². The molecule has 0 radical (unpaired) electrons. The minimum Gasteiger partial charge on any atom is -0.325 e. The molecule has 2 N–H and O–H groups in total. The van der Waals surface area contributed by atoms with Gasteiger partial charge in [-0.15, -0.1) is 0 Å². The second kappa shape index (κ2) is 7.97. The second-order valence-electron chi connectivity index (χ2n) is 5.36. The third-order valence-electron chi connectivity index (χ3n) is 3.57. The smallest absolute Gasteiger partial charge is 0.325 e. The van der Waals surface area contributed by atoms with Gasteiger partial charge in [-0.2, -0.15) is 13.2 Å². The molecule has 2 rings (SSSR count). The summed E-state index contributed by atoms with van der Waals surface area (Å²) in [6, 6.07) is 12.8. The van der Waals surface area contributed by atoms with Crippen molar-refractivity contribution in [1.29, 1.82) is 0 Å². The van der Waals surface area contributed by atoms with E-state index in [-0.39, 0.29) is 5.56 Å². The fourth-order valence-electron chi connectivity index (χ4n) is 2.29. The number of amides is 1. The van der Waals surface area contributed by atoms with Crippen LogP contribution < -0.4 is 10.6 Å². The van der Waals surface area contributed by atoms with E-state index < -0.39 is 24.7 Å². The lowest BCUT2D eigenvalue weighted by Gasteiger charge is -2.21. The standard InChI is InChI=1S/C18H19F3N2O/c1-2-13-8-10-15(11-9-13)23-16(24)12-22-17(18(19,20)21)14-6-4-3-5-7-14/h3-11,17,22H,2,12H2,1H3,(H,23,24)/t17-/m0/s1. The van der Waals surface area contributed by atoms with Crippen molar-refractivity contribution in [3.8, 4) is 0 Å². The van der Waals surface area contributed by atoms with Crippen LogP contribution in [0.25, 0.3) is 0 Å². The van der Waals surface area contributed by atoms with Gasteiger partial charge in [0.05, 0.1) is 6.54 Å². The Balaban J connectivity index is 1.97.